The Bertz CT molecular complexity index is 3140. The van der Waals surface area contributed by atoms with Gasteiger partial charge in [-0.3, -0.25) is 9.52 Å². The number of piperazine rings is 1. The Kier molecular flexibility index (Phi) is 16.3. The molecule has 3 N–H and O–H groups in total. The summed E-state index contributed by atoms with van der Waals surface area (Å²) >= 11 is 7.67. The summed E-state index contributed by atoms with van der Waals surface area (Å²) in [4.78, 5) is 18.8. The summed E-state index contributed by atoms with van der Waals surface area (Å²) in [6.07, 6.45) is 3.11. The Hall–Kier alpha value is -5.59. The third kappa shape index (κ3) is 12.2. The number of aromatic nitrogens is 1. The van der Waals surface area contributed by atoms with Crippen LogP contribution >= 0.6 is 23.4 Å². The highest BCUT2D eigenvalue weighted by Gasteiger charge is 2.31. The molecule has 72 heavy (non-hydrogen) atoms. The highest BCUT2D eigenvalue weighted by Crippen LogP contribution is 2.45. The lowest BCUT2D eigenvalue weighted by atomic mass is 9.97. The standard InChI is InChI=1S/C54H61ClF2N6O6S3/c1-35(2)63-37(4)53(71(5,66)67)51(52(63)38-10-12-41(55)13-11-38)40-31-42(56)33-46(32-40)62-28-26-61(27-29-62)45-16-14-43(15-17-45)59-72(68,69)47-18-19-49(36(3)30-47)58-44(34-70-50-9-7-6-8-48(50)57)22-25-60-23-20-39(21-24-60)54(64)65/h6-19,30-33,35,39,44,58-59H,20-29,34H2,1-5H3,(H,64,65)/t44-/m1/s1. The van der Waals surface area contributed by atoms with Crippen LogP contribution in [0.25, 0.3) is 22.4 Å². The average Bonchev–Trinajstić information content (AvgIpc) is 3.67. The van der Waals surface area contributed by atoms with Crippen molar-refractivity contribution in [2.75, 3.05) is 77.7 Å². The number of nitrogens with one attached hydrogen (secondary N) is 2. The molecule has 2 aliphatic rings. The SMILES string of the molecule is Cc1cc(S(=O)(=O)Nc2ccc(N3CCN(c4cc(F)cc(-c5c(S(C)(=O)=O)c(C)n(C(C)C)c5-c5ccc(Cl)cc5)c4)CC3)cc2)ccc1N[C@H](CCN1CCC(C(=O)O)CC1)CSc1ccccc1F. The molecule has 0 aliphatic carbocycles. The zero-order valence-electron chi connectivity index (χ0n) is 41.0. The van der Waals surface area contributed by atoms with Crippen molar-refractivity contribution in [2.24, 2.45) is 5.92 Å². The van der Waals surface area contributed by atoms with Gasteiger partial charge < -0.3 is 29.7 Å². The van der Waals surface area contributed by atoms with E-state index in [1.807, 2.05) is 55.7 Å². The summed E-state index contributed by atoms with van der Waals surface area (Å²) in [6, 6.07) is 30.5. The number of halogens is 3. The van der Waals surface area contributed by atoms with Crippen molar-refractivity contribution in [3.8, 4) is 22.4 Å². The fraction of sp³-hybridized carbons (Fsp3) is 0.352. The van der Waals surface area contributed by atoms with Crippen LogP contribution in [0.3, 0.4) is 0 Å². The number of carboxylic acids is 1. The van der Waals surface area contributed by atoms with Gasteiger partial charge in [0, 0.05) is 101 Å². The molecule has 382 valence electrons. The predicted octanol–water partition coefficient (Wildman–Crippen LogP) is 11.2. The van der Waals surface area contributed by atoms with Gasteiger partial charge in [0.05, 0.1) is 21.4 Å². The van der Waals surface area contributed by atoms with E-state index < -0.39 is 31.6 Å². The quantitative estimate of drug-likeness (QED) is 0.0708. The van der Waals surface area contributed by atoms with Gasteiger partial charge in [-0.1, -0.05) is 35.9 Å². The number of anilines is 4. The van der Waals surface area contributed by atoms with Gasteiger partial charge in [-0.25, -0.2) is 25.6 Å². The van der Waals surface area contributed by atoms with Crippen molar-refractivity contribution in [1.82, 2.24) is 9.47 Å². The zero-order valence-corrected chi connectivity index (χ0v) is 44.2. The highest BCUT2D eigenvalue weighted by atomic mass is 35.5. The Morgan fingerprint density at radius 1 is 0.806 bits per heavy atom. The van der Waals surface area contributed by atoms with E-state index in [1.165, 1.54) is 36.2 Å². The molecule has 8 rings (SSSR count). The summed E-state index contributed by atoms with van der Waals surface area (Å²) in [6.45, 7) is 12.0. The summed E-state index contributed by atoms with van der Waals surface area (Å²) < 4.78 is 89.5. The normalized spacial score (nSPS) is 15.5. The van der Waals surface area contributed by atoms with Crippen molar-refractivity contribution in [1.29, 1.82) is 0 Å². The predicted molar refractivity (Wildman–Crippen MR) is 287 cm³/mol. The molecule has 0 saturated carbocycles. The molecule has 18 heteroatoms. The number of nitrogens with zero attached hydrogens (tertiary/aromatic N) is 4. The van der Waals surface area contributed by atoms with E-state index in [0.29, 0.717) is 102 Å². The number of sulfonamides is 1. The topological polar surface area (TPSA) is 144 Å². The molecular weight excluding hydrogens is 998 g/mol. The van der Waals surface area contributed by atoms with Gasteiger partial charge in [-0.05, 0) is 162 Å². The molecule has 1 atom stereocenters. The van der Waals surface area contributed by atoms with Crippen molar-refractivity contribution in [2.45, 2.75) is 73.7 Å². The Labute approximate surface area is 431 Å². The molecule has 1 aromatic heterocycles. The zero-order chi connectivity index (χ0) is 51.5. The number of carbonyl (C=O) groups is 1. The Morgan fingerprint density at radius 2 is 1.46 bits per heavy atom. The summed E-state index contributed by atoms with van der Waals surface area (Å²) in [5.74, 6) is -1.28. The molecule has 5 aromatic carbocycles. The smallest absolute Gasteiger partial charge is 0.306 e. The molecule has 3 heterocycles. The third-order valence-electron chi connectivity index (χ3n) is 13.6. The van der Waals surface area contributed by atoms with Gasteiger partial charge in [0.25, 0.3) is 10.0 Å². The number of piperidine rings is 1. The van der Waals surface area contributed by atoms with Gasteiger partial charge >= 0.3 is 5.97 Å². The molecular formula is C54H61ClF2N6O6S3. The second-order valence-electron chi connectivity index (χ2n) is 19.0. The number of aryl methyl sites for hydroxylation is 1. The van der Waals surface area contributed by atoms with Gasteiger partial charge in [-0.2, -0.15) is 0 Å². The van der Waals surface area contributed by atoms with Crippen molar-refractivity contribution >= 4 is 71.9 Å². The van der Waals surface area contributed by atoms with E-state index in [-0.39, 0.29) is 33.6 Å². The van der Waals surface area contributed by atoms with Crippen LogP contribution in [0, 0.1) is 31.4 Å². The number of sulfone groups is 1. The van der Waals surface area contributed by atoms with Gasteiger partial charge in [-0.15, -0.1) is 11.8 Å². The van der Waals surface area contributed by atoms with Crippen LogP contribution in [0.1, 0.15) is 50.4 Å². The number of rotatable bonds is 18. The minimum atomic E-state index is -3.97. The molecule has 0 unspecified atom stereocenters. The number of hydrogen-bond acceptors (Lipinski definition) is 10. The number of aliphatic carboxylic acids is 1. The van der Waals surface area contributed by atoms with Gasteiger partial charge in [0.2, 0.25) is 0 Å². The highest BCUT2D eigenvalue weighted by molar-refractivity contribution is 7.99. The van der Waals surface area contributed by atoms with E-state index in [2.05, 4.69) is 24.7 Å². The van der Waals surface area contributed by atoms with Gasteiger partial charge in [0.15, 0.2) is 9.84 Å². The maximum absolute atomic E-state index is 15.7. The summed E-state index contributed by atoms with van der Waals surface area (Å²) in [5, 5.41) is 13.6. The number of thioether (sulfide) groups is 1. The Morgan fingerprint density at radius 3 is 2.07 bits per heavy atom. The van der Waals surface area contributed by atoms with E-state index in [1.54, 1.807) is 67.6 Å². The monoisotopic (exact) mass is 1060 g/mol. The first-order valence-corrected chi connectivity index (χ1v) is 28.8. The minimum Gasteiger partial charge on any atom is -0.481 e. The maximum atomic E-state index is 15.7. The fourth-order valence-corrected chi connectivity index (χ4v) is 13.4. The Balaban J connectivity index is 0.922. The number of benzene rings is 5. The lowest BCUT2D eigenvalue weighted by Gasteiger charge is -2.37. The van der Waals surface area contributed by atoms with Crippen LogP contribution in [0.15, 0.2) is 124 Å². The molecule has 6 aromatic rings. The fourth-order valence-electron chi connectivity index (χ4n) is 9.90. The van der Waals surface area contributed by atoms with Crippen molar-refractivity contribution < 1.29 is 35.5 Å². The first-order chi connectivity index (χ1) is 34.2. The van der Waals surface area contributed by atoms with E-state index in [9.17, 15) is 31.1 Å². The van der Waals surface area contributed by atoms with E-state index >= 15 is 4.39 Å². The largest absolute Gasteiger partial charge is 0.481 e. The third-order valence-corrected chi connectivity index (χ3v) is 17.7. The molecule has 2 aliphatic heterocycles. The molecule has 0 bridgehead atoms. The second kappa shape index (κ2) is 22.3. The lowest BCUT2D eigenvalue weighted by molar-refractivity contribution is -0.143. The van der Waals surface area contributed by atoms with Crippen molar-refractivity contribution in [3.05, 3.63) is 137 Å². The molecule has 0 amide bonds. The van der Waals surface area contributed by atoms with Crippen molar-refractivity contribution in [3.63, 3.8) is 0 Å². The molecule has 2 fully saturated rings. The van der Waals surface area contributed by atoms with E-state index in [4.69, 9.17) is 11.6 Å². The second-order valence-corrected chi connectivity index (χ2v) is 24.1. The molecule has 0 spiro atoms. The first-order valence-electron chi connectivity index (χ1n) is 24.1. The van der Waals surface area contributed by atoms with Crippen LogP contribution in [0.4, 0.5) is 31.5 Å². The maximum Gasteiger partial charge on any atom is 0.306 e. The minimum absolute atomic E-state index is 0.0910. The molecule has 2 saturated heterocycles. The van der Waals surface area contributed by atoms with Crippen LogP contribution in [-0.2, 0) is 24.7 Å². The number of hydrogen-bond donors (Lipinski definition) is 3. The van der Waals surface area contributed by atoms with E-state index in [0.717, 1.165) is 35.5 Å². The van der Waals surface area contributed by atoms with Crippen LogP contribution in [0.2, 0.25) is 5.02 Å². The lowest BCUT2D eigenvalue weighted by Crippen LogP contribution is -2.46. The molecule has 0 radical (unpaired) electrons. The summed E-state index contributed by atoms with van der Waals surface area (Å²) in [5.41, 5.74) is 6.34. The number of carboxylic acid groups (broad SMARTS) is 1. The van der Waals surface area contributed by atoms with Gasteiger partial charge in [0.1, 0.15) is 11.6 Å². The summed E-state index contributed by atoms with van der Waals surface area (Å²) in [7, 11) is -7.72. The van der Waals surface area contributed by atoms with Crippen LogP contribution < -0.4 is 19.8 Å². The molecule has 12 nitrogen and oxygen atoms in total. The van der Waals surface area contributed by atoms with Crippen LogP contribution in [0.5, 0.6) is 0 Å². The average molecular weight is 1060 g/mol. The number of likely N-dealkylation sites (tertiary alicyclic amines) is 1. The first kappa shape index (κ1) is 52.7. The van der Waals surface area contributed by atoms with Crippen LogP contribution in [-0.4, -0.2) is 101 Å².